The van der Waals surface area contributed by atoms with Gasteiger partial charge in [0, 0.05) is 25.4 Å². The van der Waals surface area contributed by atoms with Crippen LogP contribution in [0.15, 0.2) is 47.6 Å². The summed E-state index contributed by atoms with van der Waals surface area (Å²) in [4.78, 5) is 8.62. The van der Waals surface area contributed by atoms with Crippen LogP contribution in [-0.4, -0.2) is 31.1 Å². The molecule has 0 spiro atoms. The van der Waals surface area contributed by atoms with Gasteiger partial charge < -0.3 is 15.4 Å². The third kappa shape index (κ3) is 7.91. The van der Waals surface area contributed by atoms with Gasteiger partial charge in [0.2, 0.25) is 5.88 Å². The minimum Gasteiger partial charge on any atom is -0.481 e. The summed E-state index contributed by atoms with van der Waals surface area (Å²) in [6.45, 7) is 3.67. The number of guanidine groups is 1. The van der Waals surface area contributed by atoms with E-state index in [9.17, 15) is 13.2 Å². The zero-order valence-corrected chi connectivity index (χ0v) is 18.0. The van der Waals surface area contributed by atoms with E-state index in [4.69, 9.17) is 4.74 Å². The van der Waals surface area contributed by atoms with Crippen LogP contribution in [-0.2, 0) is 19.1 Å². The van der Waals surface area contributed by atoms with E-state index >= 15 is 0 Å². The molecule has 28 heavy (non-hydrogen) atoms. The topological polar surface area (TPSA) is 58.5 Å². The number of aliphatic imine (C=N–C) groups is 1. The average Bonchev–Trinajstić information content (AvgIpc) is 2.66. The molecular weight excluding hydrogens is 484 g/mol. The van der Waals surface area contributed by atoms with Crippen molar-refractivity contribution in [3.05, 3.63) is 59.3 Å². The highest BCUT2D eigenvalue weighted by atomic mass is 127. The Morgan fingerprint density at radius 3 is 2.29 bits per heavy atom. The van der Waals surface area contributed by atoms with Gasteiger partial charge >= 0.3 is 6.18 Å². The van der Waals surface area contributed by atoms with E-state index in [1.807, 2.05) is 13.0 Å². The molecule has 154 valence electrons. The van der Waals surface area contributed by atoms with Gasteiger partial charge in [0.05, 0.1) is 19.2 Å². The molecule has 0 aliphatic heterocycles. The Morgan fingerprint density at radius 2 is 1.75 bits per heavy atom. The Balaban J connectivity index is 0.00000392. The van der Waals surface area contributed by atoms with E-state index in [2.05, 4.69) is 20.6 Å². The van der Waals surface area contributed by atoms with Gasteiger partial charge in [0.15, 0.2) is 5.96 Å². The molecule has 5 nitrogen and oxygen atoms in total. The molecule has 0 radical (unpaired) electrons. The van der Waals surface area contributed by atoms with Crippen molar-refractivity contribution < 1.29 is 17.9 Å². The predicted molar refractivity (Wildman–Crippen MR) is 114 cm³/mol. The maximum absolute atomic E-state index is 12.6. The molecule has 0 fully saturated rings. The molecule has 0 aliphatic carbocycles. The van der Waals surface area contributed by atoms with Gasteiger partial charge in [-0.2, -0.15) is 13.2 Å². The summed E-state index contributed by atoms with van der Waals surface area (Å²) in [7, 11) is 1.56. The van der Waals surface area contributed by atoms with E-state index in [1.165, 1.54) is 12.1 Å². The van der Waals surface area contributed by atoms with Gasteiger partial charge in [-0.3, -0.25) is 0 Å². The second-order valence-electron chi connectivity index (χ2n) is 5.78. The summed E-state index contributed by atoms with van der Waals surface area (Å²) in [6.07, 6.45) is -2.02. The van der Waals surface area contributed by atoms with Crippen molar-refractivity contribution in [3.8, 4) is 5.88 Å². The second kappa shape index (κ2) is 11.7. The van der Waals surface area contributed by atoms with E-state index in [0.29, 0.717) is 37.9 Å². The molecule has 0 aliphatic rings. The van der Waals surface area contributed by atoms with Gasteiger partial charge in [-0.15, -0.1) is 24.0 Å². The van der Waals surface area contributed by atoms with E-state index in [-0.39, 0.29) is 24.0 Å². The Morgan fingerprint density at radius 1 is 1.07 bits per heavy atom. The summed E-state index contributed by atoms with van der Waals surface area (Å²) in [5, 5.41) is 6.31. The highest BCUT2D eigenvalue weighted by Gasteiger charge is 2.29. The number of rotatable bonds is 7. The Labute approximate surface area is 179 Å². The Kier molecular flexibility index (Phi) is 10.0. The maximum atomic E-state index is 12.6. The minimum atomic E-state index is -4.31. The lowest BCUT2D eigenvalue weighted by molar-refractivity contribution is -0.137. The number of alkyl halides is 3. The van der Waals surface area contributed by atoms with Gasteiger partial charge in [0.25, 0.3) is 0 Å². The van der Waals surface area contributed by atoms with Crippen molar-refractivity contribution >= 4 is 29.9 Å². The smallest absolute Gasteiger partial charge is 0.416 e. The number of pyridine rings is 1. The van der Waals surface area contributed by atoms with Crippen LogP contribution in [0.4, 0.5) is 13.2 Å². The summed E-state index contributed by atoms with van der Waals surface area (Å²) < 4.78 is 42.8. The molecule has 0 bridgehead atoms. The van der Waals surface area contributed by atoms with Crippen molar-refractivity contribution in [1.29, 1.82) is 0 Å². The van der Waals surface area contributed by atoms with E-state index in [1.54, 1.807) is 19.4 Å². The quantitative estimate of drug-likeness (QED) is 0.337. The maximum Gasteiger partial charge on any atom is 0.416 e. The Hall–Kier alpha value is -2.04. The molecule has 2 N–H and O–H groups in total. The zero-order chi connectivity index (χ0) is 19.7. The van der Waals surface area contributed by atoms with Crippen LogP contribution in [0.3, 0.4) is 0 Å². The van der Waals surface area contributed by atoms with Crippen molar-refractivity contribution in [2.45, 2.75) is 26.1 Å². The van der Waals surface area contributed by atoms with Crippen LogP contribution in [0.1, 0.15) is 23.6 Å². The standard InChI is InChI=1S/C19H23F3N4O.HI/c1-3-23-18(26-13-15-6-9-17(27-2)25-12-15)24-11-10-14-4-7-16(8-5-14)19(20,21)22;/h4-9,12H,3,10-11,13H2,1-2H3,(H2,23,24,26);1H. The first kappa shape index (κ1) is 24.0. The van der Waals surface area contributed by atoms with Crippen molar-refractivity contribution in [3.63, 3.8) is 0 Å². The Bertz CT molecular complexity index is 734. The number of methoxy groups -OCH3 is 1. The number of aromatic nitrogens is 1. The number of ether oxygens (including phenoxy) is 1. The molecule has 1 heterocycles. The molecule has 2 rings (SSSR count). The highest BCUT2D eigenvalue weighted by Crippen LogP contribution is 2.29. The minimum absolute atomic E-state index is 0. The van der Waals surface area contributed by atoms with Gasteiger partial charge in [-0.25, -0.2) is 9.98 Å². The number of hydrogen-bond acceptors (Lipinski definition) is 3. The van der Waals surface area contributed by atoms with Crippen LogP contribution < -0.4 is 15.4 Å². The van der Waals surface area contributed by atoms with Crippen LogP contribution in [0, 0.1) is 0 Å². The number of hydrogen-bond donors (Lipinski definition) is 2. The third-order valence-electron chi connectivity index (χ3n) is 3.76. The van der Waals surface area contributed by atoms with Crippen molar-refractivity contribution in [1.82, 2.24) is 15.6 Å². The molecule has 2 aromatic rings. The highest BCUT2D eigenvalue weighted by molar-refractivity contribution is 14.0. The fourth-order valence-corrected chi connectivity index (χ4v) is 2.32. The van der Waals surface area contributed by atoms with Crippen LogP contribution in [0.5, 0.6) is 5.88 Å². The van der Waals surface area contributed by atoms with E-state index in [0.717, 1.165) is 23.3 Å². The molecule has 0 unspecified atom stereocenters. The van der Waals surface area contributed by atoms with Crippen molar-refractivity contribution in [2.75, 3.05) is 20.2 Å². The molecule has 0 amide bonds. The first-order chi connectivity index (χ1) is 12.9. The molecule has 1 aromatic heterocycles. The van der Waals surface area contributed by atoms with Crippen LogP contribution in [0.25, 0.3) is 0 Å². The summed E-state index contributed by atoms with van der Waals surface area (Å²) >= 11 is 0. The molecule has 9 heteroatoms. The summed E-state index contributed by atoms with van der Waals surface area (Å²) in [5.41, 5.74) is 1.13. The van der Waals surface area contributed by atoms with Crippen molar-refractivity contribution in [2.24, 2.45) is 4.99 Å². The fraction of sp³-hybridized carbons (Fsp3) is 0.368. The number of benzene rings is 1. The largest absolute Gasteiger partial charge is 0.481 e. The molecule has 0 saturated heterocycles. The number of nitrogens with zero attached hydrogens (tertiary/aromatic N) is 2. The van der Waals surface area contributed by atoms with Gasteiger partial charge in [-0.05, 0) is 36.6 Å². The monoisotopic (exact) mass is 508 g/mol. The lowest BCUT2D eigenvalue weighted by atomic mass is 10.1. The lowest BCUT2D eigenvalue weighted by Crippen LogP contribution is -2.38. The number of nitrogens with one attached hydrogen (secondary N) is 2. The molecular formula is C19H24F3IN4O. The first-order valence-corrected chi connectivity index (χ1v) is 8.59. The SMILES string of the molecule is CCNC(=NCc1ccc(OC)nc1)NCCc1ccc(C(F)(F)F)cc1.I. The lowest BCUT2D eigenvalue weighted by Gasteiger charge is -2.12. The van der Waals surface area contributed by atoms with E-state index < -0.39 is 11.7 Å². The predicted octanol–water partition coefficient (Wildman–Crippen LogP) is 4.02. The first-order valence-electron chi connectivity index (χ1n) is 8.59. The third-order valence-corrected chi connectivity index (χ3v) is 3.76. The molecule has 0 atom stereocenters. The summed E-state index contributed by atoms with van der Waals surface area (Å²) in [6, 6.07) is 8.86. The summed E-state index contributed by atoms with van der Waals surface area (Å²) in [5.74, 6) is 1.18. The number of halogens is 4. The molecule has 1 aromatic carbocycles. The average molecular weight is 508 g/mol. The van der Waals surface area contributed by atoms with Crippen LogP contribution >= 0.6 is 24.0 Å². The molecule has 0 saturated carbocycles. The van der Waals surface area contributed by atoms with Crippen LogP contribution in [0.2, 0.25) is 0 Å². The normalized spacial score (nSPS) is 11.5. The fourth-order valence-electron chi connectivity index (χ4n) is 2.32. The zero-order valence-electron chi connectivity index (χ0n) is 15.7. The van der Waals surface area contributed by atoms with Gasteiger partial charge in [-0.1, -0.05) is 18.2 Å². The second-order valence-corrected chi connectivity index (χ2v) is 5.78. The van der Waals surface area contributed by atoms with Gasteiger partial charge in [0.1, 0.15) is 0 Å².